The number of nitrogens with zero attached hydrogens (tertiary/aromatic N) is 4. The molecule has 1 aliphatic rings. The number of amides is 1. The number of hydrogen-bond acceptors (Lipinski definition) is 6. The number of para-hydroxylation sites is 2. The molecule has 1 saturated heterocycles. The highest BCUT2D eigenvalue weighted by Gasteiger charge is 2.23. The van der Waals surface area contributed by atoms with Crippen molar-refractivity contribution in [3.05, 3.63) is 65.2 Å². The van der Waals surface area contributed by atoms with E-state index in [9.17, 15) is 4.79 Å². The minimum absolute atomic E-state index is 0.00973. The number of carbonyl (C=O) groups excluding carboxylic acids is 1. The molecule has 7 nitrogen and oxygen atoms in total. The van der Waals surface area contributed by atoms with Crippen molar-refractivity contribution in [1.82, 2.24) is 15.1 Å². The van der Waals surface area contributed by atoms with Gasteiger partial charge in [0.05, 0.1) is 12.8 Å². The molecule has 0 N–H and O–H groups in total. The summed E-state index contributed by atoms with van der Waals surface area (Å²) in [6.45, 7) is 8.98. The Kier molecular flexibility index (Phi) is 6.77. The molecule has 172 valence electrons. The fraction of sp³-hybridized carbons (Fsp3) is 0.346. The first-order valence-corrected chi connectivity index (χ1v) is 11.2. The van der Waals surface area contributed by atoms with Gasteiger partial charge in [0.15, 0.2) is 23.9 Å². The lowest BCUT2D eigenvalue weighted by Crippen LogP contribution is -2.50. The van der Waals surface area contributed by atoms with Gasteiger partial charge in [-0.05, 0) is 67.8 Å². The lowest BCUT2D eigenvalue weighted by Gasteiger charge is -2.35. The third-order valence-corrected chi connectivity index (χ3v) is 6.14. The monoisotopic (exact) mass is 446 g/mol. The molecule has 4 rings (SSSR count). The molecule has 1 aliphatic heterocycles. The van der Waals surface area contributed by atoms with E-state index < -0.39 is 0 Å². The molecule has 1 aromatic heterocycles. The van der Waals surface area contributed by atoms with Gasteiger partial charge in [0, 0.05) is 31.7 Å². The number of aromatic nitrogens is 2. The molecule has 3 aromatic rings. The number of piperazine rings is 1. The van der Waals surface area contributed by atoms with Gasteiger partial charge in [0.1, 0.15) is 0 Å². The number of aryl methyl sites for hydroxylation is 3. The predicted molar refractivity (Wildman–Crippen MR) is 129 cm³/mol. The van der Waals surface area contributed by atoms with Crippen molar-refractivity contribution in [3.63, 3.8) is 0 Å². The van der Waals surface area contributed by atoms with Crippen LogP contribution in [0.4, 0.5) is 5.82 Å². The van der Waals surface area contributed by atoms with Crippen LogP contribution < -0.4 is 14.4 Å². The van der Waals surface area contributed by atoms with Crippen LogP contribution >= 0.6 is 0 Å². The second-order valence-electron chi connectivity index (χ2n) is 8.34. The SMILES string of the molecule is COc1ccccc1OCC(=O)N1CCN(c2ccc(-c3cc(C)c(C)cc3C)nn2)CC1. The van der Waals surface area contributed by atoms with Crippen molar-refractivity contribution in [1.29, 1.82) is 0 Å². The molecule has 1 amide bonds. The average Bonchev–Trinajstić information content (AvgIpc) is 2.85. The third-order valence-electron chi connectivity index (χ3n) is 6.14. The fourth-order valence-electron chi connectivity index (χ4n) is 4.03. The summed E-state index contributed by atoms with van der Waals surface area (Å²) in [5.41, 5.74) is 5.71. The van der Waals surface area contributed by atoms with E-state index in [2.05, 4.69) is 48.0 Å². The van der Waals surface area contributed by atoms with Crippen LogP contribution in [0.1, 0.15) is 16.7 Å². The van der Waals surface area contributed by atoms with Crippen LogP contribution in [0, 0.1) is 20.8 Å². The van der Waals surface area contributed by atoms with Gasteiger partial charge < -0.3 is 19.3 Å². The number of rotatable bonds is 6. The molecular weight excluding hydrogens is 416 g/mol. The summed E-state index contributed by atoms with van der Waals surface area (Å²) in [5, 5.41) is 8.96. The number of carbonyl (C=O) groups is 1. The van der Waals surface area contributed by atoms with Gasteiger partial charge in [-0.25, -0.2) is 0 Å². The minimum atomic E-state index is -0.0350. The van der Waals surface area contributed by atoms with Crippen molar-refractivity contribution >= 4 is 11.7 Å². The summed E-state index contributed by atoms with van der Waals surface area (Å²) in [7, 11) is 1.58. The van der Waals surface area contributed by atoms with Crippen LogP contribution in [-0.2, 0) is 4.79 Å². The molecular formula is C26H30N4O3. The second kappa shape index (κ2) is 9.90. The molecule has 0 atom stereocenters. The molecule has 0 spiro atoms. The van der Waals surface area contributed by atoms with Crippen LogP contribution in [0.3, 0.4) is 0 Å². The van der Waals surface area contributed by atoms with Crippen molar-refractivity contribution in [2.24, 2.45) is 0 Å². The quantitative estimate of drug-likeness (QED) is 0.574. The number of anilines is 1. The summed E-state index contributed by atoms with van der Waals surface area (Å²) in [4.78, 5) is 16.6. The fourth-order valence-corrected chi connectivity index (χ4v) is 4.03. The summed E-state index contributed by atoms with van der Waals surface area (Å²) in [5.74, 6) is 1.99. The molecule has 2 heterocycles. The van der Waals surface area contributed by atoms with Gasteiger partial charge in [0.2, 0.25) is 0 Å². The summed E-state index contributed by atoms with van der Waals surface area (Å²) >= 11 is 0. The van der Waals surface area contributed by atoms with E-state index in [1.807, 2.05) is 35.2 Å². The Morgan fingerprint density at radius 2 is 1.58 bits per heavy atom. The van der Waals surface area contributed by atoms with E-state index in [0.717, 1.165) is 17.1 Å². The first-order valence-electron chi connectivity index (χ1n) is 11.2. The number of ether oxygens (including phenoxy) is 2. The molecule has 33 heavy (non-hydrogen) atoms. The maximum atomic E-state index is 12.6. The first kappa shape index (κ1) is 22.6. The highest BCUT2D eigenvalue weighted by molar-refractivity contribution is 5.78. The molecule has 0 saturated carbocycles. The molecule has 0 aliphatic carbocycles. The van der Waals surface area contributed by atoms with E-state index >= 15 is 0 Å². The number of hydrogen-bond donors (Lipinski definition) is 0. The molecule has 0 radical (unpaired) electrons. The van der Waals surface area contributed by atoms with Crippen LogP contribution in [0.5, 0.6) is 11.5 Å². The third kappa shape index (κ3) is 5.08. The Morgan fingerprint density at radius 1 is 0.879 bits per heavy atom. The van der Waals surface area contributed by atoms with Crippen LogP contribution in [0.2, 0.25) is 0 Å². The van der Waals surface area contributed by atoms with Crippen molar-refractivity contribution in [2.45, 2.75) is 20.8 Å². The van der Waals surface area contributed by atoms with Gasteiger partial charge >= 0.3 is 0 Å². The number of benzene rings is 2. The van der Waals surface area contributed by atoms with E-state index in [1.54, 1.807) is 13.2 Å². The lowest BCUT2D eigenvalue weighted by molar-refractivity contribution is -0.133. The summed E-state index contributed by atoms with van der Waals surface area (Å²) in [6.07, 6.45) is 0. The lowest BCUT2D eigenvalue weighted by atomic mass is 9.99. The van der Waals surface area contributed by atoms with E-state index in [0.29, 0.717) is 37.7 Å². The average molecular weight is 447 g/mol. The predicted octanol–water partition coefficient (Wildman–Crippen LogP) is 3.81. The van der Waals surface area contributed by atoms with Gasteiger partial charge in [-0.3, -0.25) is 4.79 Å². The summed E-state index contributed by atoms with van der Waals surface area (Å²) in [6, 6.07) is 15.7. The van der Waals surface area contributed by atoms with E-state index in [-0.39, 0.29) is 12.5 Å². The van der Waals surface area contributed by atoms with Gasteiger partial charge in [-0.15, -0.1) is 10.2 Å². The highest BCUT2D eigenvalue weighted by atomic mass is 16.5. The molecule has 0 bridgehead atoms. The Hall–Kier alpha value is -3.61. The molecule has 2 aromatic carbocycles. The smallest absolute Gasteiger partial charge is 0.260 e. The van der Waals surface area contributed by atoms with Gasteiger partial charge in [-0.2, -0.15) is 0 Å². The van der Waals surface area contributed by atoms with Gasteiger partial charge in [0.25, 0.3) is 5.91 Å². The Balaban J connectivity index is 1.33. The van der Waals surface area contributed by atoms with Crippen LogP contribution in [0.15, 0.2) is 48.5 Å². The highest BCUT2D eigenvalue weighted by Crippen LogP contribution is 2.27. The van der Waals surface area contributed by atoms with Crippen LogP contribution in [-0.4, -0.2) is 60.9 Å². The standard InChI is InChI=1S/C26H30N4O3/c1-18-15-20(3)21(16-19(18)2)22-9-10-25(28-27-22)29-11-13-30(14-12-29)26(31)17-33-24-8-6-5-7-23(24)32-4/h5-10,15-16H,11-14,17H2,1-4H3. The van der Waals surface area contributed by atoms with E-state index in [1.165, 1.54) is 16.7 Å². The van der Waals surface area contributed by atoms with Crippen molar-refractivity contribution < 1.29 is 14.3 Å². The van der Waals surface area contributed by atoms with Crippen molar-refractivity contribution in [3.8, 4) is 22.8 Å². The number of methoxy groups -OCH3 is 1. The van der Waals surface area contributed by atoms with Crippen molar-refractivity contribution in [2.75, 3.05) is 44.8 Å². The largest absolute Gasteiger partial charge is 0.493 e. The van der Waals surface area contributed by atoms with Gasteiger partial charge in [-0.1, -0.05) is 18.2 Å². The Morgan fingerprint density at radius 3 is 2.24 bits per heavy atom. The maximum absolute atomic E-state index is 12.6. The zero-order valence-electron chi connectivity index (χ0n) is 19.7. The van der Waals surface area contributed by atoms with Crippen LogP contribution in [0.25, 0.3) is 11.3 Å². The minimum Gasteiger partial charge on any atom is -0.493 e. The second-order valence-corrected chi connectivity index (χ2v) is 8.34. The normalized spacial score (nSPS) is 13.7. The first-order chi connectivity index (χ1) is 16.0. The van der Waals surface area contributed by atoms with E-state index in [4.69, 9.17) is 9.47 Å². The molecule has 0 unspecified atom stereocenters. The zero-order chi connectivity index (χ0) is 23.4. The maximum Gasteiger partial charge on any atom is 0.260 e. The Labute approximate surface area is 195 Å². The summed E-state index contributed by atoms with van der Waals surface area (Å²) < 4.78 is 11.0. The Bertz CT molecular complexity index is 1120. The zero-order valence-corrected chi connectivity index (χ0v) is 19.7. The topological polar surface area (TPSA) is 67.8 Å². The molecule has 7 heteroatoms. The molecule has 1 fully saturated rings.